The van der Waals surface area contributed by atoms with Crippen molar-refractivity contribution in [3.05, 3.63) is 41.8 Å². The molecule has 1 aromatic heterocycles. The molecule has 1 saturated heterocycles. The molecule has 4 nitrogen and oxygen atoms in total. The van der Waals surface area contributed by atoms with Crippen molar-refractivity contribution in [1.29, 1.82) is 0 Å². The van der Waals surface area contributed by atoms with Gasteiger partial charge in [0.1, 0.15) is 11.4 Å². The molecule has 0 atom stereocenters. The van der Waals surface area contributed by atoms with Gasteiger partial charge in [-0.1, -0.05) is 6.07 Å². The maximum atomic E-state index is 13.9. The van der Waals surface area contributed by atoms with Crippen molar-refractivity contribution in [2.24, 2.45) is 5.92 Å². The van der Waals surface area contributed by atoms with Crippen molar-refractivity contribution >= 4 is 17.0 Å². The van der Waals surface area contributed by atoms with E-state index in [9.17, 15) is 9.18 Å². The summed E-state index contributed by atoms with van der Waals surface area (Å²) in [5.41, 5.74) is 1.36. The molecule has 1 aliphatic rings. The van der Waals surface area contributed by atoms with Crippen LogP contribution in [-0.4, -0.2) is 34.7 Å². The molecule has 0 unspecified atom stereocenters. The van der Waals surface area contributed by atoms with Gasteiger partial charge < -0.3 is 9.64 Å². The number of pyridine rings is 1. The van der Waals surface area contributed by atoms with Gasteiger partial charge >= 0.3 is 6.09 Å². The normalized spacial score (nSPS) is 16.2. The first kappa shape index (κ1) is 17.6. The first-order chi connectivity index (χ1) is 11.8. The molecular formula is C20H25FN2O2. The fraction of sp³-hybridized carbons (Fsp3) is 0.500. The number of aromatic nitrogens is 1. The van der Waals surface area contributed by atoms with Gasteiger partial charge in [0.25, 0.3) is 0 Å². The lowest BCUT2D eigenvalue weighted by Crippen LogP contribution is -2.42. The fourth-order valence-electron chi connectivity index (χ4n) is 3.32. The molecular weight excluding hydrogens is 319 g/mol. The van der Waals surface area contributed by atoms with Crippen LogP contribution in [-0.2, 0) is 11.2 Å². The highest BCUT2D eigenvalue weighted by Gasteiger charge is 2.27. The van der Waals surface area contributed by atoms with Crippen molar-refractivity contribution in [2.45, 2.75) is 45.6 Å². The minimum atomic E-state index is -0.466. The van der Waals surface area contributed by atoms with E-state index >= 15 is 0 Å². The van der Waals surface area contributed by atoms with Crippen molar-refractivity contribution < 1.29 is 13.9 Å². The predicted octanol–water partition coefficient (Wildman–Crippen LogP) is 4.56. The maximum absolute atomic E-state index is 13.9. The van der Waals surface area contributed by atoms with Gasteiger partial charge in [-0.05, 0) is 69.7 Å². The number of carbonyl (C=O) groups is 1. The van der Waals surface area contributed by atoms with Gasteiger partial charge in [-0.15, -0.1) is 0 Å². The summed E-state index contributed by atoms with van der Waals surface area (Å²) in [5, 5.41) is 0.575. The standard InChI is InChI=1S/C20H25FN2O2/c1-20(2,3)25-19(24)23-11-8-14(9-12-23)13-15-6-7-17(21)16-5-4-10-22-18(15)16/h4-7,10,14H,8-9,11-13H2,1-3H3. The Labute approximate surface area is 148 Å². The van der Waals surface area contributed by atoms with E-state index in [-0.39, 0.29) is 11.9 Å². The number of ether oxygens (including phenoxy) is 1. The minimum Gasteiger partial charge on any atom is -0.444 e. The zero-order valence-electron chi connectivity index (χ0n) is 15.1. The van der Waals surface area contributed by atoms with Crippen LogP contribution >= 0.6 is 0 Å². The Bertz CT molecular complexity index is 762. The van der Waals surface area contributed by atoms with E-state index in [2.05, 4.69) is 4.98 Å². The molecule has 5 heteroatoms. The molecule has 0 bridgehead atoms. The van der Waals surface area contributed by atoms with Gasteiger partial charge in [0, 0.05) is 24.7 Å². The maximum Gasteiger partial charge on any atom is 0.410 e. The Hall–Kier alpha value is -2.17. The molecule has 1 aliphatic heterocycles. The van der Waals surface area contributed by atoms with E-state index in [1.54, 1.807) is 23.2 Å². The molecule has 25 heavy (non-hydrogen) atoms. The number of piperidine rings is 1. The third-order valence-corrected chi connectivity index (χ3v) is 4.57. The highest BCUT2D eigenvalue weighted by molar-refractivity contribution is 5.82. The largest absolute Gasteiger partial charge is 0.444 e. The number of fused-ring (bicyclic) bond motifs is 1. The third-order valence-electron chi connectivity index (χ3n) is 4.57. The number of hydrogen-bond acceptors (Lipinski definition) is 3. The molecule has 1 amide bonds. The number of benzene rings is 1. The lowest BCUT2D eigenvalue weighted by atomic mass is 9.89. The van der Waals surface area contributed by atoms with Gasteiger partial charge in [-0.2, -0.15) is 0 Å². The van der Waals surface area contributed by atoms with Crippen molar-refractivity contribution in [3.63, 3.8) is 0 Å². The molecule has 0 radical (unpaired) electrons. The molecule has 134 valence electrons. The fourth-order valence-corrected chi connectivity index (χ4v) is 3.32. The Morgan fingerprint density at radius 3 is 2.68 bits per heavy atom. The first-order valence-electron chi connectivity index (χ1n) is 8.83. The van der Waals surface area contributed by atoms with Gasteiger partial charge in [0.05, 0.1) is 5.52 Å². The van der Waals surface area contributed by atoms with Crippen LogP contribution in [0.25, 0.3) is 10.9 Å². The highest BCUT2D eigenvalue weighted by atomic mass is 19.1. The second-order valence-electron chi connectivity index (χ2n) is 7.72. The smallest absolute Gasteiger partial charge is 0.410 e. The topological polar surface area (TPSA) is 42.4 Å². The zero-order valence-corrected chi connectivity index (χ0v) is 15.1. The summed E-state index contributed by atoms with van der Waals surface area (Å²) in [5.74, 6) is 0.237. The van der Waals surface area contributed by atoms with Crippen molar-refractivity contribution in [1.82, 2.24) is 9.88 Å². The van der Waals surface area contributed by atoms with Crippen LogP contribution in [0.2, 0.25) is 0 Å². The number of halogens is 1. The van der Waals surface area contributed by atoms with Crippen LogP contribution in [0.4, 0.5) is 9.18 Å². The second kappa shape index (κ2) is 6.98. The van der Waals surface area contributed by atoms with Crippen LogP contribution in [0.3, 0.4) is 0 Å². The number of rotatable bonds is 2. The number of hydrogen-bond donors (Lipinski definition) is 0. The molecule has 0 aliphatic carbocycles. The number of nitrogens with zero attached hydrogens (tertiary/aromatic N) is 2. The number of likely N-dealkylation sites (tertiary alicyclic amines) is 1. The van der Waals surface area contributed by atoms with Crippen LogP contribution < -0.4 is 0 Å². The van der Waals surface area contributed by atoms with Crippen LogP contribution in [0.15, 0.2) is 30.5 Å². The predicted molar refractivity (Wildman–Crippen MR) is 95.9 cm³/mol. The number of carbonyl (C=O) groups excluding carboxylic acids is 1. The summed E-state index contributed by atoms with van der Waals surface area (Å²) in [6.07, 6.45) is 4.17. The van der Waals surface area contributed by atoms with E-state index < -0.39 is 5.60 Å². The quantitative estimate of drug-likeness (QED) is 0.802. The third kappa shape index (κ3) is 4.27. The van der Waals surface area contributed by atoms with E-state index in [1.165, 1.54) is 6.07 Å². The van der Waals surface area contributed by atoms with Gasteiger partial charge in [-0.25, -0.2) is 9.18 Å². The molecule has 3 rings (SSSR count). The summed E-state index contributed by atoms with van der Waals surface area (Å²) in [4.78, 5) is 18.3. The number of amides is 1. The summed E-state index contributed by atoms with van der Waals surface area (Å²) in [6, 6.07) is 6.89. The van der Waals surface area contributed by atoms with Crippen molar-refractivity contribution in [2.75, 3.05) is 13.1 Å². The van der Waals surface area contributed by atoms with Crippen LogP contribution in [0.1, 0.15) is 39.2 Å². The molecule has 2 aromatic rings. The minimum absolute atomic E-state index is 0.230. The Morgan fingerprint density at radius 1 is 1.28 bits per heavy atom. The Balaban J connectivity index is 1.63. The summed E-state index contributed by atoms with van der Waals surface area (Å²) >= 11 is 0. The second-order valence-corrected chi connectivity index (χ2v) is 7.72. The lowest BCUT2D eigenvalue weighted by molar-refractivity contribution is 0.0184. The highest BCUT2D eigenvalue weighted by Crippen LogP contribution is 2.27. The van der Waals surface area contributed by atoms with Gasteiger partial charge in [0.2, 0.25) is 0 Å². The van der Waals surface area contributed by atoms with E-state index in [0.29, 0.717) is 24.4 Å². The van der Waals surface area contributed by atoms with E-state index in [4.69, 9.17) is 4.74 Å². The summed E-state index contributed by atoms with van der Waals surface area (Å²) in [7, 11) is 0. The molecule has 0 spiro atoms. The first-order valence-corrected chi connectivity index (χ1v) is 8.83. The lowest BCUT2D eigenvalue weighted by Gasteiger charge is -2.33. The van der Waals surface area contributed by atoms with Crippen LogP contribution in [0, 0.1) is 11.7 Å². The van der Waals surface area contributed by atoms with E-state index in [1.807, 2.05) is 26.8 Å². The Morgan fingerprint density at radius 2 is 2.00 bits per heavy atom. The molecule has 1 aromatic carbocycles. The van der Waals surface area contributed by atoms with Crippen LogP contribution in [0.5, 0.6) is 0 Å². The van der Waals surface area contributed by atoms with Crippen molar-refractivity contribution in [3.8, 4) is 0 Å². The molecule has 2 heterocycles. The summed E-state index contributed by atoms with van der Waals surface area (Å²) < 4.78 is 19.4. The molecule has 0 N–H and O–H groups in total. The average Bonchev–Trinajstić information content (AvgIpc) is 2.57. The van der Waals surface area contributed by atoms with Gasteiger partial charge in [-0.3, -0.25) is 4.98 Å². The SMILES string of the molecule is CC(C)(C)OC(=O)N1CCC(Cc2ccc(F)c3cccnc23)CC1. The summed E-state index contributed by atoms with van der Waals surface area (Å²) in [6.45, 7) is 7.04. The molecule has 1 fully saturated rings. The van der Waals surface area contributed by atoms with E-state index in [0.717, 1.165) is 30.3 Å². The van der Waals surface area contributed by atoms with Gasteiger partial charge in [0.15, 0.2) is 0 Å². The molecule has 0 saturated carbocycles. The Kier molecular flexibility index (Phi) is 4.93. The zero-order chi connectivity index (χ0) is 18.0. The monoisotopic (exact) mass is 344 g/mol. The average molecular weight is 344 g/mol.